The Balaban J connectivity index is 1.80. The molecular weight excluding hydrogens is 395 g/mol. The van der Waals surface area contributed by atoms with E-state index in [1.807, 2.05) is 6.92 Å². The van der Waals surface area contributed by atoms with Crippen LogP contribution in [0.1, 0.15) is 33.6 Å². The summed E-state index contributed by atoms with van der Waals surface area (Å²) < 4.78 is 73.8. The molecule has 1 aromatic carbocycles. The topological polar surface area (TPSA) is 73.2 Å². The Morgan fingerprint density at radius 2 is 1.86 bits per heavy atom. The zero-order valence-corrected chi connectivity index (χ0v) is 16.7. The summed E-state index contributed by atoms with van der Waals surface area (Å²) in [6.07, 6.45) is -4.27. The number of ether oxygens (including phenoxy) is 1. The van der Waals surface area contributed by atoms with Crippen molar-refractivity contribution in [3.8, 4) is 0 Å². The molecule has 1 aliphatic rings. The first-order valence-electron chi connectivity index (χ1n) is 8.81. The standard InChI is InChI=1S/C18H22F3N3O3S/c1-11-8-12(2)16(13(3)9-11)28(25,26)22-5-6-24-15-4-7-27-10-14(15)17(23-24)18(19,20)21/h8-9,22H,4-7,10H2,1-3H3. The summed E-state index contributed by atoms with van der Waals surface area (Å²) in [6.45, 7) is 5.42. The maximum Gasteiger partial charge on any atom is 0.435 e. The first-order valence-corrected chi connectivity index (χ1v) is 10.3. The average molecular weight is 417 g/mol. The van der Waals surface area contributed by atoms with Gasteiger partial charge in [-0.25, -0.2) is 13.1 Å². The van der Waals surface area contributed by atoms with Gasteiger partial charge in [0.1, 0.15) is 0 Å². The van der Waals surface area contributed by atoms with Crippen molar-refractivity contribution in [1.82, 2.24) is 14.5 Å². The number of nitrogens with one attached hydrogen (secondary N) is 1. The molecule has 2 aromatic rings. The van der Waals surface area contributed by atoms with Crippen LogP contribution in [-0.2, 0) is 40.5 Å². The van der Waals surface area contributed by atoms with Crippen LogP contribution in [0.3, 0.4) is 0 Å². The number of nitrogens with zero attached hydrogens (tertiary/aromatic N) is 2. The zero-order valence-electron chi connectivity index (χ0n) is 15.9. The molecule has 0 fully saturated rings. The summed E-state index contributed by atoms with van der Waals surface area (Å²) in [5, 5.41) is 3.68. The van der Waals surface area contributed by atoms with Gasteiger partial charge < -0.3 is 4.74 Å². The first-order chi connectivity index (χ1) is 13.0. The molecule has 0 bridgehead atoms. The van der Waals surface area contributed by atoms with E-state index in [1.54, 1.807) is 26.0 Å². The third kappa shape index (κ3) is 4.08. The minimum atomic E-state index is -4.58. The molecule has 28 heavy (non-hydrogen) atoms. The fraction of sp³-hybridized carbons (Fsp3) is 0.500. The summed E-state index contributed by atoms with van der Waals surface area (Å²) in [5.41, 5.74) is 1.72. The quantitative estimate of drug-likeness (QED) is 0.812. The van der Waals surface area contributed by atoms with E-state index >= 15 is 0 Å². The predicted octanol–water partition coefficient (Wildman–Crippen LogP) is 2.88. The Kier molecular flexibility index (Phi) is 5.57. The van der Waals surface area contributed by atoms with E-state index in [1.165, 1.54) is 4.68 Å². The molecule has 0 aliphatic carbocycles. The first kappa shape index (κ1) is 20.8. The largest absolute Gasteiger partial charge is 0.435 e. The van der Waals surface area contributed by atoms with Crippen LogP contribution >= 0.6 is 0 Å². The van der Waals surface area contributed by atoms with E-state index in [0.29, 0.717) is 29.8 Å². The Bertz CT molecular complexity index is 974. The number of alkyl halides is 3. The maximum absolute atomic E-state index is 13.2. The summed E-state index contributed by atoms with van der Waals surface area (Å²) in [5.74, 6) is 0. The predicted molar refractivity (Wildman–Crippen MR) is 96.4 cm³/mol. The van der Waals surface area contributed by atoms with Gasteiger partial charge in [-0.3, -0.25) is 4.68 Å². The minimum Gasteiger partial charge on any atom is -0.376 e. The van der Waals surface area contributed by atoms with Gasteiger partial charge >= 0.3 is 6.18 Å². The second-order valence-corrected chi connectivity index (χ2v) is 8.63. The zero-order chi connectivity index (χ0) is 20.7. The number of fused-ring (bicyclic) bond motifs is 1. The van der Waals surface area contributed by atoms with Crippen LogP contribution in [0, 0.1) is 20.8 Å². The van der Waals surface area contributed by atoms with Gasteiger partial charge in [0, 0.05) is 24.2 Å². The van der Waals surface area contributed by atoms with Crippen molar-refractivity contribution in [2.24, 2.45) is 0 Å². The molecule has 3 rings (SSSR count). The highest BCUT2D eigenvalue weighted by atomic mass is 32.2. The third-order valence-corrected chi connectivity index (χ3v) is 6.42. The SMILES string of the molecule is Cc1cc(C)c(S(=O)(=O)NCCn2nc(C(F)(F)F)c3c2CCOC3)c(C)c1. The number of benzene rings is 1. The molecule has 0 saturated carbocycles. The van der Waals surface area contributed by atoms with E-state index in [-0.39, 0.29) is 30.2 Å². The Hall–Kier alpha value is -1.91. The second-order valence-electron chi connectivity index (χ2n) is 6.92. The van der Waals surface area contributed by atoms with E-state index in [2.05, 4.69) is 9.82 Å². The lowest BCUT2D eigenvalue weighted by Gasteiger charge is -2.16. The van der Waals surface area contributed by atoms with Gasteiger partial charge in [0.25, 0.3) is 0 Å². The van der Waals surface area contributed by atoms with Crippen molar-refractivity contribution >= 4 is 10.0 Å². The van der Waals surface area contributed by atoms with Crippen molar-refractivity contribution < 1.29 is 26.3 Å². The molecule has 0 amide bonds. The molecule has 0 radical (unpaired) electrons. The Morgan fingerprint density at radius 3 is 2.46 bits per heavy atom. The van der Waals surface area contributed by atoms with Crippen LogP contribution in [0.25, 0.3) is 0 Å². The van der Waals surface area contributed by atoms with Crippen LogP contribution in [-0.4, -0.2) is 31.3 Å². The fourth-order valence-corrected chi connectivity index (χ4v) is 5.14. The second kappa shape index (κ2) is 7.49. The molecule has 1 aliphatic heterocycles. The normalized spacial score (nSPS) is 14.9. The number of rotatable bonds is 5. The molecule has 1 aromatic heterocycles. The Morgan fingerprint density at radius 1 is 1.21 bits per heavy atom. The number of sulfonamides is 1. The van der Waals surface area contributed by atoms with Gasteiger partial charge in [-0.2, -0.15) is 18.3 Å². The van der Waals surface area contributed by atoms with Crippen LogP contribution in [0.15, 0.2) is 17.0 Å². The number of aryl methyl sites for hydroxylation is 3. The van der Waals surface area contributed by atoms with Crippen molar-refractivity contribution in [2.45, 2.75) is 51.4 Å². The monoisotopic (exact) mass is 417 g/mol. The highest BCUT2D eigenvalue weighted by Gasteiger charge is 2.39. The smallest absolute Gasteiger partial charge is 0.376 e. The van der Waals surface area contributed by atoms with Crippen molar-refractivity contribution in [3.05, 3.63) is 45.8 Å². The lowest BCUT2D eigenvalue weighted by molar-refractivity contribution is -0.142. The van der Waals surface area contributed by atoms with Gasteiger partial charge in [-0.15, -0.1) is 0 Å². The molecular formula is C18H22F3N3O3S. The van der Waals surface area contributed by atoms with Crippen LogP contribution in [0.5, 0.6) is 0 Å². The number of hydrogen-bond donors (Lipinski definition) is 1. The molecule has 0 atom stereocenters. The highest BCUT2D eigenvalue weighted by Crippen LogP contribution is 2.34. The van der Waals surface area contributed by atoms with Crippen LogP contribution in [0.2, 0.25) is 0 Å². The van der Waals surface area contributed by atoms with Crippen molar-refractivity contribution in [1.29, 1.82) is 0 Å². The summed E-state index contributed by atoms with van der Waals surface area (Å²) in [7, 11) is -3.79. The summed E-state index contributed by atoms with van der Waals surface area (Å²) >= 11 is 0. The minimum absolute atomic E-state index is 0.00159. The van der Waals surface area contributed by atoms with Crippen LogP contribution in [0.4, 0.5) is 13.2 Å². The number of halogens is 3. The molecule has 154 valence electrons. The number of hydrogen-bond acceptors (Lipinski definition) is 4. The lowest BCUT2D eigenvalue weighted by Crippen LogP contribution is -2.29. The van der Waals surface area contributed by atoms with Gasteiger partial charge in [0.05, 0.1) is 24.7 Å². The van der Waals surface area contributed by atoms with Crippen molar-refractivity contribution in [2.75, 3.05) is 13.2 Å². The molecule has 1 N–H and O–H groups in total. The highest BCUT2D eigenvalue weighted by molar-refractivity contribution is 7.89. The summed E-state index contributed by atoms with van der Waals surface area (Å²) in [4.78, 5) is 0.199. The molecule has 0 saturated heterocycles. The molecule has 6 nitrogen and oxygen atoms in total. The van der Waals surface area contributed by atoms with Gasteiger partial charge in [0.15, 0.2) is 5.69 Å². The van der Waals surface area contributed by atoms with E-state index in [0.717, 1.165) is 5.56 Å². The third-order valence-electron chi connectivity index (χ3n) is 4.65. The molecule has 10 heteroatoms. The molecule has 2 heterocycles. The van der Waals surface area contributed by atoms with E-state index < -0.39 is 21.9 Å². The maximum atomic E-state index is 13.2. The van der Waals surface area contributed by atoms with Gasteiger partial charge in [-0.1, -0.05) is 17.7 Å². The summed E-state index contributed by atoms with van der Waals surface area (Å²) in [6, 6.07) is 3.56. The Labute approximate surface area is 161 Å². The van der Waals surface area contributed by atoms with E-state index in [9.17, 15) is 21.6 Å². The van der Waals surface area contributed by atoms with Gasteiger partial charge in [-0.05, 0) is 31.9 Å². The van der Waals surface area contributed by atoms with E-state index in [4.69, 9.17) is 4.74 Å². The molecule has 0 spiro atoms. The van der Waals surface area contributed by atoms with Crippen molar-refractivity contribution in [3.63, 3.8) is 0 Å². The fourth-order valence-electron chi connectivity index (χ4n) is 3.67. The van der Waals surface area contributed by atoms with Crippen LogP contribution < -0.4 is 4.72 Å². The molecule has 0 unspecified atom stereocenters. The number of aromatic nitrogens is 2. The van der Waals surface area contributed by atoms with Gasteiger partial charge in [0.2, 0.25) is 10.0 Å². The average Bonchev–Trinajstić information content (AvgIpc) is 2.92. The lowest BCUT2D eigenvalue weighted by atomic mass is 10.1.